The Morgan fingerprint density at radius 2 is 1.75 bits per heavy atom. The summed E-state index contributed by atoms with van der Waals surface area (Å²) in [5.74, 6) is 0.546. The zero-order valence-electron chi connectivity index (χ0n) is 19.1. The van der Waals surface area contributed by atoms with Crippen LogP contribution in [0.15, 0.2) is 11.2 Å². The van der Waals surface area contributed by atoms with Gasteiger partial charge in [0.05, 0.1) is 0 Å². The van der Waals surface area contributed by atoms with Gasteiger partial charge < -0.3 is 5.32 Å². The highest BCUT2D eigenvalue weighted by Crippen LogP contribution is 2.40. The number of nitrogens with zero attached hydrogens (tertiary/aromatic N) is 4. The van der Waals surface area contributed by atoms with Crippen LogP contribution >= 0.6 is 0 Å². The van der Waals surface area contributed by atoms with Crippen molar-refractivity contribution < 1.29 is 4.21 Å². The van der Waals surface area contributed by atoms with Crippen molar-refractivity contribution in [1.82, 2.24) is 24.4 Å². The summed E-state index contributed by atoms with van der Waals surface area (Å²) in [4.78, 5) is 7.26. The summed E-state index contributed by atoms with van der Waals surface area (Å²) in [5.41, 5.74) is 7.42. The third kappa shape index (κ3) is 3.42. The highest BCUT2D eigenvalue weighted by Gasteiger charge is 2.43. The van der Waals surface area contributed by atoms with Crippen LogP contribution < -0.4 is 5.32 Å². The summed E-state index contributed by atoms with van der Waals surface area (Å²) >= 11 is 0. The maximum absolute atomic E-state index is 13.3. The molecule has 0 saturated carbocycles. The van der Waals surface area contributed by atoms with Crippen LogP contribution in [0.3, 0.4) is 0 Å². The fourth-order valence-corrected chi connectivity index (χ4v) is 7.75. The fraction of sp³-hybridized carbons (Fsp3) is 0.667. The van der Waals surface area contributed by atoms with E-state index in [4.69, 9.17) is 0 Å². The van der Waals surface area contributed by atoms with E-state index in [0.29, 0.717) is 16.6 Å². The first-order valence-corrected chi connectivity index (χ1v) is 13.6. The van der Waals surface area contributed by atoms with Crippen molar-refractivity contribution >= 4 is 22.6 Å². The molecule has 3 heterocycles. The summed E-state index contributed by atoms with van der Waals surface area (Å²) < 4.78 is 15.3. The number of fused-ring (bicyclic) bond motifs is 2. The van der Waals surface area contributed by atoms with Crippen LogP contribution in [-0.2, 0) is 36.7 Å². The summed E-state index contributed by atoms with van der Waals surface area (Å²) in [7, 11) is -1.29. The first-order valence-electron chi connectivity index (χ1n) is 12.4. The number of rotatable bonds is 5. The largest absolute Gasteiger partial charge is 0.322 e. The lowest BCUT2D eigenvalue weighted by molar-refractivity contribution is 0.0846. The number of hydrogen-bond donors (Lipinski definition) is 2. The molecule has 2 fully saturated rings. The van der Waals surface area contributed by atoms with E-state index >= 15 is 0 Å². The summed E-state index contributed by atoms with van der Waals surface area (Å²) in [6, 6.07) is 2.43. The summed E-state index contributed by atoms with van der Waals surface area (Å²) in [6.45, 7) is 6.30. The highest BCUT2D eigenvalue weighted by molar-refractivity contribution is 7.82. The number of hydrogen-bond acceptors (Lipinski definition) is 5. The van der Waals surface area contributed by atoms with Gasteiger partial charge in [0, 0.05) is 24.3 Å². The van der Waals surface area contributed by atoms with Crippen molar-refractivity contribution in [2.24, 2.45) is 0 Å². The quantitative estimate of drug-likeness (QED) is 0.723. The number of aromatic amines is 1. The normalized spacial score (nSPS) is 23.5. The molecule has 8 heteroatoms. The molecule has 0 amide bonds. The van der Waals surface area contributed by atoms with Gasteiger partial charge in [0.15, 0.2) is 11.0 Å². The molecular weight excluding hydrogens is 420 g/mol. The van der Waals surface area contributed by atoms with E-state index in [1.165, 1.54) is 73.0 Å². The van der Waals surface area contributed by atoms with E-state index < -0.39 is 11.0 Å². The van der Waals surface area contributed by atoms with Gasteiger partial charge >= 0.3 is 0 Å². The lowest BCUT2D eigenvalue weighted by atomic mass is 9.86. The molecule has 2 aliphatic carbocycles. The lowest BCUT2D eigenvalue weighted by Crippen LogP contribution is -2.52. The van der Waals surface area contributed by atoms with Crippen LogP contribution in [0.1, 0.15) is 67.7 Å². The van der Waals surface area contributed by atoms with E-state index in [2.05, 4.69) is 42.7 Å². The molecule has 1 unspecified atom stereocenters. The van der Waals surface area contributed by atoms with Gasteiger partial charge in [-0.2, -0.15) is 4.98 Å². The van der Waals surface area contributed by atoms with Gasteiger partial charge in [-0.15, -0.1) is 5.10 Å². The minimum absolute atomic E-state index is 0.331. The van der Waals surface area contributed by atoms with Gasteiger partial charge in [0.1, 0.15) is 0 Å². The fourth-order valence-electron chi connectivity index (χ4n) is 6.70. The van der Waals surface area contributed by atoms with Crippen LogP contribution in [0.25, 0.3) is 0 Å². The van der Waals surface area contributed by atoms with E-state index in [-0.39, 0.29) is 0 Å². The van der Waals surface area contributed by atoms with Gasteiger partial charge in [-0.25, -0.2) is 13.6 Å². The van der Waals surface area contributed by atoms with E-state index in [9.17, 15) is 4.21 Å². The van der Waals surface area contributed by atoms with E-state index in [0.717, 1.165) is 45.3 Å². The summed E-state index contributed by atoms with van der Waals surface area (Å²) in [6.07, 6.45) is 11.8. The molecule has 1 aromatic heterocycles. The van der Waals surface area contributed by atoms with Gasteiger partial charge in [-0.3, -0.25) is 4.90 Å². The van der Waals surface area contributed by atoms with Gasteiger partial charge in [0.25, 0.3) is 0 Å². The third-order valence-electron chi connectivity index (χ3n) is 8.35. The Hall–Kier alpha value is -1.77. The molecule has 172 valence electrons. The number of anilines is 2. The first-order chi connectivity index (χ1) is 15.7. The first kappa shape index (κ1) is 20.8. The molecule has 2 aromatic rings. The van der Waals surface area contributed by atoms with Crippen molar-refractivity contribution in [2.75, 3.05) is 31.5 Å². The molecule has 1 spiro atoms. The monoisotopic (exact) mass is 454 g/mol. The highest BCUT2D eigenvalue weighted by atomic mass is 32.2. The van der Waals surface area contributed by atoms with Crippen molar-refractivity contribution in [3.05, 3.63) is 28.3 Å². The van der Waals surface area contributed by atoms with Crippen molar-refractivity contribution in [2.45, 2.75) is 81.8 Å². The van der Waals surface area contributed by atoms with Gasteiger partial charge in [-0.1, -0.05) is 13.0 Å². The number of aromatic nitrogens is 3. The molecule has 1 aromatic carbocycles. The number of benzene rings is 1. The van der Waals surface area contributed by atoms with Gasteiger partial charge in [-0.05, 0) is 99.6 Å². The molecule has 6 rings (SSSR count). The molecule has 0 bridgehead atoms. The maximum atomic E-state index is 13.3. The number of piperidine rings is 1. The van der Waals surface area contributed by atoms with Crippen LogP contribution in [0.2, 0.25) is 0 Å². The van der Waals surface area contributed by atoms with Crippen molar-refractivity contribution in [3.63, 3.8) is 0 Å². The standard InChI is InChI=1S/C24H34N6OS/c1-2-29-13-5-10-24(29)11-14-30(15-12-24)32(31)23-26-22(27-28-23)25-21-19-8-3-6-17(19)16-18-7-4-9-20(18)21/h16H,2-15H2,1H3,(H2,25,26,27,28). The number of aryl methyl sites for hydroxylation is 2. The Morgan fingerprint density at radius 3 is 2.44 bits per heavy atom. The van der Waals surface area contributed by atoms with E-state index in [1.54, 1.807) is 0 Å². The Kier molecular flexibility index (Phi) is 5.35. The number of H-pyrrole nitrogens is 1. The van der Waals surface area contributed by atoms with Crippen LogP contribution in [0.4, 0.5) is 11.6 Å². The van der Waals surface area contributed by atoms with E-state index in [1.807, 2.05) is 0 Å². The average molecular weight is 455 g/mol. The Balaban J connectivity index is 1.17. The molecule has 4 aliphatic rings. The predicted molar refractivity (Wildman–Crippen MR) is 127 cm³/mol. The van der Waals surface area contributed by atoms with Crippen LogP contribution in [0, 0.1) is 0 Å². The van der Waals surface area contributed by atoms with Crippen molar-refractivity contribution in [1.29, 1.82) is 0 Å². The maximum Gasteiger partial charge on any atom is 0.247 e. The zero-order chi connectivity index (χ0) is 21.7. The Labute approximate surface area is 193 Å². The predicted octanol–water partition coefficient (Wildman–Crippen LogP) is 3.50. The van der Waals surface area contributed by atoms with Crippen LogP contribution in [0.5, 0.6) is 0 Å². The molecule has 7 nitrogen and oxygen atoms in total. The molecule has 2 saturated heterocycles. The topological polar surface area (TPSA) is 77.2 Å². The molecule has 32 heavy (non-hydrogen) atoms. The Bertz CT molecular complexity index is 1010. The molecule has 2 aliphatic heterocycles. The second kappa shape index (κ2) is 8.22. The Morgan fingerprint density at radius 1 is 1.03 bits per heavy atom. The second-order valence-electron chi connectivity index (χ2n) is 9.91. The number of nitrogens with one attached hydrogen (secondary N) is 2. The van der Waals surface area contributed by atoms with Crippen LogP contribution in [-0.4, -0.2) is 60.3 Å². The zero-order valence-corrected chi connectivity index (χ0v) is 19.9. The molecular formula is C24H34N6OS. The second-order valence-corrected chi connectivity index (χ2v) is 11.3. The van der Waals surface area contributed by atoms with Crippen molar-refractivity contribution in [3.8, 4) is 0 Å². The van der Waals surface area contributed by atoms with Gasteiger partial charge in [0.2, 0.25) is 11.1 Å². The molecule has 2 N–H and O–H groups in total. The molecule has 0 radical (unpaired) electrons. The number of likely N-dealkylation sites (tertiary alicyclic amines) is 1. The SMILES string of the molecule is CCN1CCCC12CCN(S(=O)c1nc(Nc3c4c(cc5c3CCC5)CCC4)n[nH]1)CC2. The summed E-state index contributed by atoms with van der Waals surface area (Å²) in [5, 5.41) is 11.4. The smallest absolute Gasteiger partial charge is 0.247 e. The minimum atomic E-state index is -1.29. The average Bonchev–Trinajstić information content (AvgIpc) is 3.60. The minimum Gasteiger partial charge on any atom is -0.322 e. The lowest BCUT2D eigenvalue weighted by Gasteiger charge is -2.44. The third-order valence-corrected chi connectivity index (χ3v) is 9.70. The molecule has 1 atom stereocenters.